The monoisotopic (exact) mass is 319 g/mol. The maximum Gasteiger partial charge on any atom is 0.235 e. The molecule has 1 amide bonds. The van der Waals surface area contributed by atoms with E-state index in [2.05, 4.69) is 5.32 Å². The zero-order chi connectivity index (χ0) is 15.5. The number of nitrogens with one attached hydrogen (secondary N) is 1. The lowest BCUT2D eigenvalue weighted by Gasteiger charge is -2.11. The summed E-state index contributed by atoms with van der Waals surface area (Å²) >= 11 is 0. The molecule has 0 unspecified atom stereocenters. The van der Waals surface area contributed by atoms with Gasteiger partial charge in [0.05, 0.1) is 6.10 Å². The highest BCUT2D eigenvalue weighted by atomic mass is 32.2. The summed E-state index contributed by atoms with van der Waals surface area (Å²) in [5.74, 6) is -3.66. The van der Waals surface area contributed by atoms with Gasteiger partial charge >= 0.3 is 0 Å². The Morgan fingerprint density at radius 3 is 2.81 bits per heavy atom. The van der Waals surface area contributed by atoms with Crippen LogP contribution in [0.25, 0.3) is 0 Å². The molecule has 5 nitrogen and oxygen atoms in total. The van der Waals surface area contributed by atoms with Crippen molar-refractivity contribution in [1.82, 2.24) is 5.32 Å². The highest BCUT2D eigenvalue weighted by molar-refractivity contribution is 7.92. The van der Waals surface area contributed by atoms with Gasteiger partial charge in [0.1, 0.15) is 22.3 Å². The molecule has 1 aliphatic rings. The van der Waals surface area contributed by atoms with Gasteiger partial charge in [-0.2, -0.15) is 0 Å². The van der Waals surface area contributed by atoms with Crippen molar-refractivity contribution >= 4 is 15.7 Å². The highest BCUT2D eigenvalue weighted by Crippen LogP contribution is 2.17. The summed E-state index contributed by atoms with van der Waals surface area (Å²) in [6, 6.07) is 2.09. The first-order valence-electron chi connectivity index (χ1n) is 6.44. The van der Waals surface area contributed by atoms with E-state index in [0.29, 0.717) is 18.7 Å². The molecule has 1 atom stereocenters. The van der Waals surface area contributed by atoms with E-state index in [9.17, 15) is 22.0 Å². The first-order valence-corrected chi connectivity index (χ1v) is 8.10. The SMILES string of the molecule is O=C(CS(=O)(=O)c1cc(F)ccc1F)NC[C@H]1CCCO1. The van der Waals surface area contributed by atoms with Gasteiger partial charge in [-0.15, -0.1) is 0 Å². The van der Waals surface area contributed by atoms with E-state index in [1.54, 1.807) is 0 Å². The van der Waals surface area contributed by atoms with Gasteiger partial charge in [0.25, 0.3) is 0 Å². The number of ether oxygens (including phenoxy) is 1. The summed E-state index contributed by atoms with van der Waals surface area (Å²) in [5, 5.41) is 2.43. The summed E-state index contributed by atoms with van der Waals surface area (Å²) in [6.45, 7) is 0.827. The molecule has 21 heavy (non-hydrogen) atoms. The van der Waals surface area contributed by atoms with Crippen molar-refractivity contribution in [2.24, 2.45) is 0 Å². The van der Waals surface area contributed by atoms with Crippen LogP contribution in [0.1, 0.15) is 12.8 Å². The molecule has 0 bridgehead atoms. The minimum absolute atomic E-state index is 0.123. The number of carbonyl (C=O) groups excluding carboxylic acids is 1. The second-order valence-corrected chi connectivity index (χ2v) is 6.73. The average molecular weight is 319 g/mol. The van der Waals surface area contributed by atoms with Crippen molar-refractivity contribution in [2.75, 3.05) is 18.9 Å². The lowest BCUT2D eigenvalue weighted by molar-refractivity contribution is -0.119. The lowest BCUT2D eigenvalue weighted by Crippen LogP contribution is -2.36. The van der Waals surface area contributed by atoms with E-state index in [1.165, 1.54) is 0 Å². The maximum atomic E-state index is 13.4. The molecule has 0 saturated carbocycles. The molecule has 1 aliphatic heterocycles. The van der Waals surface area contributed by atoms with Gasteiger partial charge in [0.2, 0.25) is 5.91 Å². The fourth-order valence-corrected chi connectivity index (χ4v) is 3.31. The van der Waals surface area contributed by atoms with Gasteiger partial charge < -0.3 is 10.1 Å². The van der Waals surface area contributed by atoms with Gasteiger partial charge in [-0.3, -0.25) is 4.79 Å². The summed E-state index contributed by atoms with van der Waals surface area (Å²) in [5.41, 5.74) is 0. The van der Waals surface area contributed by atoms with Crippen LogP contribution in [0, 0.1) is 11.6 Å². The lowest BCUT2D eigenvalue weighted by atomic mass is 10.2. The fourth-order valence-electron chi connectivity index (χ4n) is 2.05. The molecule has 2 rings (SSSR count). The Kier molecular flexibility index (Phi) is 4.89. The number of benzene rings is 1. The fraction of sp³-hybridized carbons (Fsp3) is 0.462. The third kappa shape index (κ3) is 4.21. The third-order valence-corrected chi connectivity index (χ3v) is 4.73. The Hall–Kier alpha value is -1.54. The van der Waals surface area contributed by atoms with Crippen molar-refractivity contribution in [3.63, 3.8) is 0 Å². The Bertz CT molecular complexity index is 627. The number of rotatable bonds is 5. The topological polar surface area (TPSA) is 72.5 Å². The second kappa shape index (κ2) is 6.48. The van der Waals surface area contributed by atoms with Crippen LogP contribution in [-0.2, 0) is 19.4 Å². The normalized spacial score (nSPS) is 18.7. The predicted octanol–water partition coefficient (Wildman–Crippen LogP) is 1.03. The van der Waals surface area contributed by atoms with E-state index in [-0.39, 0.29) is 12.6 Å². The van der Waals surface area contributed by atoms with Crippen LogP contribution in [-0.4, -0.2) is 39.3 Å². The molecule has 1 aromatic rings. The maximum absolute atomic E-state index is 13.4. The molecule has 1 heterocycles. The molecular formula is C13H15F2NO4S. The van der Waals surface area contributed by atoms with Crippen LogP contribution in [0.15, 0.2) is 23.1 Å². The van der Waals surface area contributed by atoms with Gasteiger partial charge in [-0.1, -0.05) is 0 Å². The molecule has 8 heteroatoms. The average Bonchev–Trinajstić information content (AvgIpc) is 2.92. The van der Waals surface area contributed by atoms with Crippen LogP contribution in [0.3, 0.4) is 0 Å². The van der Waals surface area contributed by atoms with Crippen molar-refractivity contribution in [3.05, 3.63) is 29.8 Å². The first kappa shape index (κ1) is 15.8. The Morgan fingerprint density at radius 2 is 2.14 bits per heavy atom. The summed E-state index contributed by atoms with van der Waals surface area (Å²) in [6.07, 6.45) is 1.57. The number of hydrogen-bond acceptors (Lipinski definition) is 4. The standard InChI is InChI=1S/C13H15F2NO4S/c14-9-3-4-11(15)12(6-9)21(18,19)8-13(17)16-7-10-2-1-5-20-10/h3-4,6,10H,1-2,5,7-8H2,(H,16,17)/t10-/m1/s1. The van der Waals surface area contributed by atoms with E-state index >= 15 is 0 Å². The molecule has 0 spiro atoms. The Morgan fingerprint density at radius 1 is 1.38 bits per heavy atom. The molecule has 1 saturated heterocycles. The molecule has 1 aromatic carbocycles. The van der Waals surface area contributed by atoms with Gasteiger partial charge in [-0.05, 0) is 31.0 Å². The summed E-state index contributed by atoms with van der Waals surface area (Å²) < 4.78 is 55.6. The van der Waals surface area contributed by atoms with Crippen LogP contribution >= 0.6 is 0 Å². The summed E-state index contributed by atoms with van der Waals surface area (Å²) in [4.78, 5) is 10.8. The first-order chi connectivity index (χ1) is 9.88. The number of carbonyl (C=O) groups is 1. The smallest absolute Gasteiger partial charge is 0.235 e. The zero-order valence-corrected chi connectivity index (χ0v) is 12.0. The van der Waals surface area contributed by atoms with Gasteiger partial charge in [0, 0.05) is 13.2 Å². The van der Waals surface area contributed by atoms with E-state index in [0.717, 1.165) is 18.9 Å². The Balaban J connectivity index is 1.99. The molecule has 0 aromatic heterocycles. The van der Waals surface area contributed by atoms with Crippen LogP contribution < -0.4 is 5.32 Å². The van der Waals surface area contributed by atoms with Crippen molar-refractivity contribution in [2.45, 2.75) is 23.8 Å². The largest absolute Gasteiger partial charge is 0.376 e. The number of halogens is 2. The molecule has 1 N–H and O–H groups in total. The summed E-state index contributed by atoms with van der Waals surface area (Å²) in [7, 11) is -4.23. The molecule has 116 valence electrons. The highest BCUT2D eigenvalue weighted by Gasteiger charge is 2.24. The number of sulfone groups is 1. The zero-order valence-electron chi connectivity index (χ0n) is 11.1. The van der Waals surface area contributed by atoms with Crippen molar-refractivity contribution in [1.29, 1.82) is 0 Å². The minimum atomic E-state index is -4.23. The van der Waals surface area contributed by atoms with Gasteiger partial charge in [0.15, 0.2) is 9.84 Å². The molecule has 0 radical (unpaired) electrons. The molecule has 0 aliphatic carbocycles. The molecular weight excluding hydrogens is 304 g/mol. The van der Waals surface area contributed by atoms with E-state index in [1.807, 2.05) is 0 Å². The van der Waals surface area contributed by atoms with Gasteiger partial charge in [-0.25, -0.2) is 17.2 Å². The Labute approximate surface area is 121 Å². The third-order valence-electron chi connectivity index (χ3n) is 3.10. The van der Waals surface area contributed by atoms with Crippen molar-refractivity contribution < 1.29 is 26.7 Å². The number of hydrogen-bond donors (Lipinski definition) is 1. The van der Waals surface area contributed by atoms with Crippen LogP contribution in [0.2, 0.25) is 0 Å². The quantitative estimate of drug-likeness (QED) is 0.880. The van der Waals surface area contributed by atoms with E-state index in [4.69, 9.17) is 4.74 Å². The minimum Gasteiger partial charge on any atom is -0.376 e. The number of amides is 1. The van der Waals surface area contributed by atoms with Crippen LogP contribution in [0.4, 0.5) is 8.78 Å². The van der Waals surface area contributed by atoms with Crippen molar-refractivity contribution in [3.8, 4) is 0 Å². The van der Waals surface area contributed by atoms with E-state index < -0.39 is 38.0 Å². The predicted molar refractivity (Wildman–Crippen MR) is 70.4 cm³/mol. The molecule has 1 fully saturated rings. The van der Waals surface area contributed by atoms with Crippen LogP contribution in [0.5, 0.6) is 0 Å². The second-order valence-electron chi connectivity index (χ2n) is 4.77.